The lowest BCUT2D eigenvalue weighted by atomic mass is 9.67. The zero-order valence-electron chi connectivity index (χ0n) is 19.7. The lowest BCUT2D eigenvalue weighted by molar-refractivity contribution is -0.136. The van der Waals surface area contributed by atoms with Crippen molar-refractivity contribution in [3.63, 3.8) is 0 Å². The van der Waals surface area contributed by atoms with Gasteiger partial charge in [0.1, 0.15) is 23.5 Å². The largest absolute Gasteiger partial charge is 0.378 e. The first-order valence-electron chi connectivity index (χ1n) is 12.0. The van der Waals surface area contributed by atoms with Crippen molar-refractivity contribution in [2.45, 2.75) is 57.2 Å². The predicted molar refractivity (Wildman–Crippen MR) is 126 cm³/mol. The van der Waals surface area contributed by atoms with Crippen LogP contribution in [-0.2, 0) is 9.53 Å². The quantitative estimate of drug-likeness (QED) is 0.536. The summed E-state index contributed by atoms with van der Waals surface area (Å²) in [5.74, 6) is -2.90. The van der Waals surface area contributed by atoms with Crippen LogP contribution in [0.4, 0.5) is 13.2 Å². The minimum Gasteiger partial charge on any atom is -0.378 e. The summed E-state index contributed by atoms with van der Waals surface area (Å²) < 4.78 is 48.4. The molecule has 36 heavy (non-hydrogen) atoms. The first-order valence-corrected chi connectivity index (χ1v) is 12.0. The molecule has 0 unspecified atom stereocenters. The van der Waals surface area contributed by atoms with E-state index in [-0.39, 0.29) is 29.0 Å². The summed E-state index contributed by atoms with van der Waals surface area (Å²) in [6.45, 7) is 1.93. The second kappa shape index (κ2) is 9.24. The van der Waals surface area contributed by atoms with Gasteiger partial charge in [-0.15, -0.1) is 0 Å². The second-order valence-corrected chi connectivity index (χ2v) is 9.92. The molecule has 1 aromatic heterocycles. The number of halogens is 3. The molecule has 2 saturated heterocycles. The number of ether oxygens (including phenoxy) is 1. The van der Waals surface area contributed by atoms with Crippen LogP contribution in [0.5, 0.6) is 0 Å². The lowest BCUT2D eigenvalue weighted by Gasteiger charge is -2.47. The highest BCUT2D eigenvalue weighted by atomic mass is 19.1. The summed E-state index contributed by atoms with van der Waals surface area (Å²) in [5, 5.41) is 2.62. The SMILES string of the molecule is C[C@H](NC(=O)[C@H](CC12CCC(CC1)OC2)n1c(=O)[nH]c2ccc(F)cc2c1=O)c1ccc(F)cc1F. The molecule has 2 N–H and O–H groups in total. The van der Waals surface area contributed by atoms with Gasteiger partial charge in [0.2, 0.25) is 5.91 Å². The average molecular weight is 502 g/mol. The number of carbonyl (C=O) groups is 1. The molecular formula is C26H26F3N3O4. The van der Waals surface area contributed by atoms with Crippen LogP contribution in [0.2, 0.25) is 0 Å². The summed E-state index contributed by atoms with van der Waals surface area (Å²) in [6, 6.07) is 4.35. The number of fused-ring (bicyclic) bond motifs is 4. The first-order chi connectivity index (χ1) is 17.2. The topological polar surface area (TPSA) is 93.2 Å². The smallest absolute Gasteiger partial charge is 0.329 e. The van der Waals surface area contributed by atoms with E-state index in [1.165, 1.54) is 19.1 Å². The number of rotatable bonds is 6. The third kappa shape index (κ3) is 4.45. The van der Waals surface area contributed by atoms with Crippen molar-refractivity contribution in [2.24, 2.45) is 5.41 Å². The predicted octanol–water partition coefficient (Wildman–Crippen LogP) is 3.87. The van der Waals surface area contributed by atoms with Crippen LogP contribution in [-0.4, -0.2) is 28.2 Å². The van der Waals surface area contributed by atoms with Gasteiger partial charge in [-0.2, -0.15) is 0 Å². The van der Waals surface area contributed by atoms with Gasteiger partial charge in [0, 0.05) is 11.6 Å². The number of aromatic amines is 1. The highest BCUT2D eigenvalue weighted by Crippen LogP contribution is 2.47. The van der Waals surface area contributed by atoms with E-state index in [0.29, 0.717) is 6.61 Å². The molecule has 0 spiro atoms. The Morgan fingerprint density at radius 3 is 2.50 bits per heavy atom. The molecule has 1 saturated carbocycles. The van der Waals surface area contributed by atoms with E-state index in [9.17, 15) is 27.6 Å². The number of H-pyrrole nitrogens is 1. The fourth-order valence-electron chi connectivity index (χ4n) is 5.51. The minimum atomic E-state index is -1.25. The molecule has 7 nitrogen and oxygen atoms in total. The number of carbonyl (C=O) groups excluding carboxylic acids is 1. The Morgan fingerprint density at radius 1 is 1.14 bits per heavy atom. The third-order valence-corrected chi connectivity index (χ3v) is 7.54. The van der Waals surface area contributed by atoms with Gasteiger partial charge in [-0.25, -0.2) is 22.5 Å². The second-order valence-electron chi connectivity index (χ2n) is 9.92. The van der Waals surface area contributed by atoms with E-state index in [1.54, 1.807) is 0 Å². The van der Waals surface area contributed by atoms with Crippen molar-refractivity contribution < 1.29 is 22.7 Å². The Labute approximate surface area is 204 Å². The summed E-state index contributed by atoms with van der Waals surface area (Å²) in [4.78, 5) is 42.7. The average Bonchev–Trinajstić information content (AvgIpc) is 2.85. The van der Waals surface area contributed by atoms with Crippen LogP contribution >= 0.6 is 0 Å². The number of nitrogens with zero attached hydrogens (tertiary/aromatic N) is 1. The summed E-state index contributed by atoms with van der Waals surface area (Å²) in [6.07, 6.45) is 3.51. The van der Waals surface area contributed by atoms with E-state index in [4.69, 9.17) is 4.74 Å². The molecule has 2 bridgehead atoms. The van der Waals surface area contributed by atoms with Crippen molar-refractivity contribution in [3.8, 4) is 0 Å². The first kappa shape index (κ1) is 24.3. The monoisotopic (exact) mass is 501 g/mol. The molecule has 10 heteroatoms. The molecule has 2 atom stereocenters. The number of amides is 1. The van der Waals surface area contributed by atoms with Gasteiger partial charge in [-0.3, -0.25) is 9.59 Å². The molecule has 190 valence electrons. The Hall–Kier alpha value is -3.40. The molecule has 3 heterocycles. The maximum atomic E-state index is 14.4. The lowest BCUT2D eigenvalue weighted by Crippen LogP contribution is -2.50. The fraction of sp³-hybridized carbons (Fsp3) is 0.423. The Morgan fingerprint density at radius 2 is 1.83 bits per heavy atom. The summed E-state index contributed by atoms with van der Waals surface area (Å²) in [5.41, 5.74) is -1.80. The van der Waals surface area contributed by atoms with Crippen LogP contribution in [0.3, 0.4) is 0 Å². The van der Waals surface area contributed by atoms with Gasteiger partial charge in [0.05, 0.1) is 29.7 Å². The van der Waals surface area contributed by atoms with E-state index < -0.39 is 52.1 Å². The Bertz CT molecular complexity index is 1430. The highest BCUT2D eigenvalue weighted by molar-refractivity contribution is 5.82. The van der Waals surface area contributed by atoms with Crippen LogP contribution in [0, 0.1) is 22.9 Å². The zero-order valence-corrected chi connectivity index (χ0v) is 19.7. The zero-order chi connectivity index (χ0) is 25.6. The number of aromatic nitrogens is 2. The number of hydrogen-bond acceptors (Lipinski definition) is 4. The van der Waals surface area contributed by atoms with E-state index in [0.717, 1.165) is 54.5 Å². The summed E-state index contributed by atoms with van der Waals surface area (Å²) >= 11 is 0. The highest BCUT2D eigenvalue weighted by Gasteiger charge is 2.45. The standard InChI is InChI=1S/C26H26F3N3O4/c1-14(18-4-2-16(28)11-20(18)29)30-23(33)22(12-26-8-6-17(7-9-26)36-13-26)32-24(34)19-10-15(27)3-5-21(19)31-25(32)35/h2-5,10-11,14,17,22H,6-9,12-13H2,1H3,(H,30,33)(H,31,35)/t14-,17?,22-,26?/m0/s1. The van der Waals surface area contributed by atoms with Crippen molar-refractivity contribution in [1.29, 1.82) is 0 Å². The number of hydrogen-bond donors (Lipinski definition) is 2. The van der Waals surface area contributed by atoms with Crippen LogP contribution in [0.15, 0.2) is 46.0 Å². The van der Waals surface area contributed by atoms with Gasteiger partial charge < -0.3 is 15.0 Å². The van der Waals surface area contributed by atoms with Gasteiger partial charge in [-0.1, -0.05) is 6.07 Å². The molecule has 2 aromatic carbocycles. The Kier molecular flexibility index (Phi) is 6.23. The molecule has 1 aliphatic carbocycles. The molecular weight excluding hydrogens is 475 g/mol. The van der Waals surface area contributed by atoms with Crippen molar-refractivity contribution >= 4 is 16.8 Å². The van der Waals surface area contributed by atoms with Crippen LogP contribution in [0.1, 0.15) is 56.7 Å². The Balaban J connectivity index is 1.55. The van der Waals surface area contributed by atoms with Crippen molar-refractivity contribution in [3.05, 3.63) is 80.3 Å². The fourth-order valence-corrected chi connectivity index (χ4v) is 5.51. The van der Waals surface area contributed by atoms with Gasteiger partial charge in [0.25, 0.3) is 5.56 Å². The molecule has 2 aliphatic heterocycles. The van der Waals surface area contributed by atoms with Crippen molar-refractivity contribution in [1.82, 2.24) is 14.9 Å². The van der Waals surface area contributed by atoms with E-state index in [2.05, 4.69) is 10.3 Å². The minimum absolute atomic E-state index is 0.0602. The van der Waals surface area contributed by atoms with Crippen LogP contribution < -0.4 is 16.6 Å². The molecule has 6 rings (SSSR count). The van der Waals surface area contributed by atoms with Gasteiger partial charge in [0.15, 0.2) is 0 Å². The number of benzene rings is 2. The van der Waals surface area contributed by atoms with Crippen LogP contribution in [0.25, 0.3) is 10.9 Å². The molecule has 0 radical (unpaired) electrons. The molecule has 1 amide bonds. The molecule has 3 aromatic rings. The molecule has 3 fully saturated rings. The third-order valence-electron chi connectivity index (χ3n) is 7.54. The molecule has 3 aliphatic rings. The number of nitrogens with one attached hydrogen (secondary N) is 2. The van der Waals surface area contributed by atoms with Gasteiger partial charge >= 0.3 is 5.69 Å². The summed E-state index contributed by atoms with van der Waals surface area (Å²) in [7, 11) is 0. The van der Waals surface area contributed by atoms with Gasteiger partial charge in [-0.05, 0) is 68.7 Å². The van der Waals surface area contributed by atoms with Crippen molar-refractivity contribution in [2.75, 3.05) is 6.61 Å². The maximum Gasteiger partial charge on any atom is 0.329 e. The van der Waals surface area contributed by atoms with E-state index >= 15 is 0 Å². The van der Waals surface area contributed by atoms with E-state index in [1.807, 2.05) is 0 Å². The normalized spacial score (nSPS) is 22.9. The maximum absolute atomic E-state index is 14.4.